The van der Waals surface area contributed by atoms with Crippen LogP contribution in [0.1, 0.15) is 24.2 Å². The van der Waals surface area contributed by atoms with Gasteiger partial charge in [-0.25, -0.2) is 4.68 Å². The first kappa shape index (κ1) is 15.9. The highest BCUT2D eigenvalue weighted by Crippen LogP contribution is 2.15. The Kier molecular flexibility index (Phi) is 4.69. The fourth-order valence-electron chi connectivity index (χ4n) is 2.59. The van der Waals surface area contributed by atoms with Crippen molar-refractivity contribution in [3.8, 4) is 0 Å². The van der Waals surface area contributed by atoms with Crippen molar-refractivity contribution in [1.82, 2.24) is 14.8 Å². The van der Waals surface area contributed by atoms with E-state index in [4.69, 9.17) is 0 Å². The highest BCUT2D eigenvalue weighted by molar-refractivity contribution is 5.98. The molecule has 2 aromatic rings. The average molecular weight is 325 g/mol. The quantitative estimate of drug-likeness (QED) is 0.822. The number of fused-ring (bicyclic) bond motifs is 1. The van der Waals surface area contributed by atoms with E-state index in [2.05, 4.69) is 27.3 Å². The number of carbonyl (C=O) groups is 2. The summed E-state index contributed by atoms with van der Waals surface area (Å²) in [6.07, 6.45) is 4.54. The second kappa shape index (κ2) is 7.08. The molecular weight excluding hydrogens is 306 g/mol. The summed E-state index contributed by atoms with van der Waals surface area (Å²) in [5, 5.41) is 9.70. The van der Waals surface area contributed by atoms with E-state index in [0.29, 0.717) is 11.6 Å². The number of hydrogen-bond donors (Lipinski definition) is 2. The Morgan fingerprint density at radius 2 is 2.00 bits per heavy atom. The highest BCUT2D eigenvalue weighted by Gasteiger charge is 2.15. The lowest BCUT2D eigenvalue weighted by atomic mass is 10.1. The Balaban J connectivity index is 1.57. The van der Waals surface area contributed by atoms with Crippen LogP contribution in [0, 0.1) is 0 Å². The zero-order valence-electron chi connectivity index (χ0n) is 13.3. The van der Waals surface area contributed by atoms with Gasteiger partial charge in [0.15, 0.2) is 0 Å². The van der Waals surface area contributed by atoms with Gasteiger partial charge in [0.05, 0.1) is 6.42 Å². The maximum absolute atomic E-state index is 12.1. The van der Waals surface area contributed by atoms with Gasteiger partial charge in [-0.15, -0.1) is 5.10 Å². The normalized spacial score (nSPS) is 13.0. The zero-order chi connectivity index (χ0) is 16.9. The minimum Gasteiger partial charge on any atom is -0.323 e. The predicted octanol–water partition coefficient (Wildman–Crippen LogP) is 1.92. The van der Waals surface area contributed by atoms with Crippen molar-refractivity contribution < 1.29 is 9.59 Å². The van der Waals surface area contributed by atoms with E-state index in [9.17, 15) is 9.59 Å². The maximum atomic E-state index is 12.1. The molecule has 1 aliphatic rings. The number of nitrogens with one attached hydrogen (secondary N) is 2. The Bertz CT molecular complexity index is 740. The van der Waals surface area contributed by atoms with Crippen LogP contribution in [0.3, 0.4) is 0 Å². The number of rotatable bonds is 5. The topological polar surface area (TPSA) is 88.9 Å². The number of aromatic nitrogens is 3. The average Bonchev–Trinajstić information content (AvgIpc) is 2.98. The molecule has 0 atom stereocenters. The van der Waals surface area contributed by atoms with Crippen LogP contribution in [0.2, 0.25) is 0 Å². The van der Waals surface area contributed by atoms with E-state index in [0.717, 1.165) is 37.2 Å². The molecule has 2 N–H and O–H groups in total. The molecule has 0 saturated heterocycles. The minimum absolute atomic E-state index is 0.166. The highest BCUT2D eigenvalue weighted by atomic mass is 16.2. The third-order valence-electron chi connectivity index (χ3n) is 3.79. The Labute approximate surface area is 139 Å². The molecule has 0 radical (unpaired) electrons. The van der Waals surface area contributed by atoms with Gasteiger partial charge in [0, 0.05) is 18.7 Å². The lowest BCUT2D eigenvalue weighted by molar-refractivity contribution is -0.115. The monoisotopic (exact) mass is 325 g/mol. The van der Waals surface area contributed by atoms with Crippen LogP contribution < -0.4 is 10.6 Å². The van der Waals surface area contributed by atoms with Gasteiger partial charge < -0.3 is 5.32 Å². The first-order valence-corrected chi connectivity index (χ1v) is 7.90. The molecule has 1 aromatic heterocycles. The van der Waals surface area contributed by atoms with Crippen molar-refractivity contribution in [2.45, 2.75) is 32.2 Å². The molecule has 7 nitrogen and oxygen atoms in total. The van der Waals surface area contributed by atoms with Gasteiger partial charge in [-0.05, 0) is 36.6 Å². The van der Waals surface area contributed by atoms with Crippen LogP contribution in [0.5, 0.6) is 0 Å². The lowest BCUT2D eigenvalue weighted by Gasteiger charge is -2.09. The number of aryl methyl sites for hydroxylation is 2. The number of carbonyl (C=O) groups excluding carboxylic acids is 2. The van der Waals surface area contributed by atoms with E-state index in [1.807, 2.05) is 4.68 Å². The summed E-state index contributed by atoms with van der Waals surface area (Å²) in [4.78, 5) is 27.7. The first-order valence-electron chi connectivity index (χ1n) is 7.90. The van der Waals surface area contributed by atoms with E-state index >= 15 is 0 Å². The molecule has 124 valence electrons. The molecule has 0 spiro atoms. The molecule has 2 amide bonds. The molecule has 0 fully saturated rings. The molecule has 0 bridgehead atoms. The molecule has 3 rings (SSSR count). The number of hydrogen-bond acceptors (Lipinski definition) is 4. The van der Waals surface area contributed by atoms with E-state index in [1.165, 1.54) is 6.08 Å². The standard InChI is InChI=1S/C17H19N5O2/c1-2-15(23)18-13-8-6-12(7-9-13)11-16(24)20-17-19-14-5-3-4-10-22(14)21-17/h2,6-9H,1,3-5,10-11H2,(H,18,23)(H,20,21,24). The fraction of sp³-hybridized carbons (Fsp3) is 0.294. The second-order valence-corrected chi connectivity index (χ2v) is 5.65. The predicted molar refractivity (Wildman–Crippen MR) is 90.6 cm³/mol. The van der Waals surface area contributed by atoms with Gasteiger partial charge in [0.1, 0.15) is 5.82 Å². The van der Waals surface area contributed by atoms with Gasteiger partial charge in [0.25, 0.3) is 0 Å². The van der Waals surface area contributed by atoms with Crippen molar-refractivity contribution in [3.63, 3.8) is 0 Å². The third kappa shape index (κ3) is 3.87. The van der Waals surface area contributed by atoms with Crippen LogP contribution in [0.15, 0.2) is 36.9 Å². The summed E-state index contributed by atoms with van der Waals surface area (Å²) >= 11 is 0. The molecule has 7 heteroatoms. The summed E-state index contributed by atoms with van der Waals surface area (Å²) in [7, 11) is 0. The minimum atomic E-state index is -0.268. The maximum Gasteiger partial charge on any atom is 0.248 e. The van der Waals surface area contributed by atoms with Crippen LogP contribution in [-0.4, -0.2) is 26.6 Å². The number of benzene rings is 1. The zero-order valence-corrected chi connectivity index (χ0v) is 13.3. The summed E-state index contributed by atoms with van der Waals surface area (Å²) in [5.41, 5.74) is 1.50. The van der Waals surface area contributed by atoms with Crippen LogP contribution >= 0.6 is 0 Å². The summed E-state index contributed by atoms with van der Waals surface area (Å²) in [6.45, 7) is 4.26. The lowest BCUT2D eigenvalue weighted by Crippen LogP contribution is -2.16. The third-order valence-corrected chi connectivity index (χ3v) is 3.79. The van der Waals surface area contributed by atoms with Gasteiger partial charge in [-0.2, -0.15) is 4.98 Å². The molecule has 1 aliphatic heterocycles. The van der Waals surface area contributed by atoms with Crippen molar-refractivity contribution in [1.29, 1.82) is 0 Å². The Morgan fingerprint density at radius 3 is 2.71 bits per heavy atom. The molecule has 2 heterocycles. The largest absolute Gasteiger partial charge is 0.323 e. The van der Waals surface area contributed by atoms with E-state index in [1.54, 1.807) is 24.3 Å². The van der Waals surface area contributed by atoms with Crippen molar-refractivity contribution in [3.05, 3.63) is 48.3 Å². The van der Waals surface area contributed by atoms with E-state index < -0.39 is 0 Å². The van der Waals surface area contributed by atoms with Gasteiger partial charge in [0.2, 0.25) is 17.8 Å². The van der Waals surface area contributed by atoms with Gasteiger partial charge in [-0.3, -0.25) is 14.9 Å². The van der Waals surface area contributed by atoms with E-state index in [-0.39, 0.29) is 18.2 Å². The summed E-state index contributed by atoms with van der Waals surface area (Å²) in [5.74, 6) is 0.863. The van der Waals surface area contributed by atoms with Gasteiger partial charge in [-0.1, -0.05) is 18.7 Å². The summed E-state index contributed by atoms with van der Waals surface area (Å²) in [6, 6.07) is 7.09. The molecule has 1 aromatic carbocycles. The van der Waals surface area contributed by atoms with Crippen molar-refractivity contribution in [2.24, 2.45) is 0 Å². The van der Waals surface area contributed by atoms with Crippen LogP contribution in [-0.2, 0) is 29.0 Å². The SMILES string of the molecule is C=CC(=O)Nc1ccc(CC(=O)Nc2nc3n(n2)CCCC3)cc1. The Morgan fingerprint density at radius 1 is 1.21 bits per heavy atom. The van der Waals surface area contributed by atoms with Crippen molar-refractivity contribution in [2.75, 3.05) is 10.6 Å². The number of anilines is 2. The van der Waals surface area contributed by atoms with Crippen LogP contribution in [0.25, 0.3) is 0 Å². The number of nitrogens with zero attached hydrogens (tertiary/aromatic N) is 3. The fourth-order valence-corrected chi connectivity index (χ4v) is 2.59. The smallest absolute Gasteiger partial charge is 0.248 e. The number of amides is 2. The molecule has 0 aliphatic carbocycles. The second-order valence-electron chi connectivity index (χ2n) is 5.65. The Hall–Kier alpha value is -2.96. The van der Waals surface area contributed by atoms with Gasteiger partial charge >= 0.3 is 0 Å². The van der Waals surface area contributed by atoms with Crippen LogP contribution in [0.4, 0.5) is 11.6 Å². The summed E-state index contributed by atoms with van der Waals surface area (Å²) < 4.78 is 1.86. The molecule has 0 unspecified atom stereocenters. The molecule has 24 heavy (non-hydrogen) atoms. The molecular formula is C17H19N5O2. The van der Waals surface area contributed by atoms with Crippen molar-refractivity contribution >= 4 is 23.5 Å². The first-order chi connectivity index (χ1) is 11.6. The molecule has 0 saturated carbocycles.